The van der Waals surface area contributed by atoms with Crippen LogP contribution in [-0.2, 0) is 14.8 Å². The van der Waals surface area contributed by atoms with Gasteiger partial charge in [0.2, 0.25) is 10.0 Å². The lowest BCUT2D eigenvalue weighted by molar-refractivity contribution is -0.147. The lowest BCUT2D eigenvalue weighted by Crippen LogP contribution is -2.40. The molecule has 0 aromatic heterocycles. The molecule has 1 saturated carbocycles. The predicted octanol–water partition coefficient (Wildman–Crippen LogP) is 1.53. The summed E-state index contributed by atoms with van der Waals surface area (Å²) in [5.74, 6) is -1.71. The Kier molecular flexibility index (Phi) is 3.94. The number of anilines is 1. The zero-order chi connectivity index (χ0) is 15.8. The Morgan fingerprint density at radius 1 is 1.52 bits per heavy atom. The number of aliphatic carboxylic acids is 1. The lowest BCUT2D eigenvalue weighted by atomic mass is 9.85. The predicted molar refractivity (Wildman–Crippen MR) is 74.8 cm³/mol. The SMILES string of the molecule is CC1(C(=O)O)CCCC1Nc1ccc(S(N)(=O)=O)cc1F. The third-order valence-corrected chi connectivity index (χ3v) is 4.96. The van der Waals surface area contributed by atoms with Gasteiger partial charge < -0.3 is 10.4 Å². The van der Waals surface area contributed by atoms with Crippen molar-refractivity contribution in [2.75, 3.05) is 5.32 Å². The van der Waals surface area contributed by atoms with Crippen LogP contribution >= 0.6 is 0 Å². The maximum atomic E-state index is 14.0. The molecule has 2 rings (SSSR count). The Morgan fingerprint density at radius 2 is 2.19 bits per heavy atom. The number of primary sulfonamides is 1. The number of carbonyl (C=O) groups is 1. The Balaban J connectivity index is 2.27. The van der Waals surface area contributed by atoms with Gasteiger partial charge in [-0.1, -0.05) is 6.42 Å². The topological polar surface area (TPSA) is 109 Å². The number of nitrogens with two attached hydrogens (primary N) is 1. The first-order valence-corrected chi connectivity index (χ1v) is 8.01. The number of benzene rings is 1. The summed E-state index contributed by atoms with van der Waals surface area (Å²) in [5.41, 5.74) is -0.896. The fraction of sp³-hybridized carbons (Fsp3) is 0.462. The van der Waals surface area contributed by atoms with E-state index in [0.717, 1.165) is 12.5 Å². The quantitative estimate of drug-likeness (QED) is 0.780. The molecule has 0 heterocycles. The van der Waals surface area contributed by atoms with Gasteiger partial charge in [0.25, 0.3) is 0 Å². The van der Waals surface area contributed by atoms with E-state index in [0.29, 0.717) is 12.8 Å². The van der Waals surface area contributed by atoms with Gasteiger partial charge in [0.1, 0.15) is 5.82 Å². The molecule has 1 aliphatic carbocycles. The molecule has 21 heavy (non-hydrogen) atoms. The van der Waals surface area contributed by atoms with Gasteiger partial charge in [-0.25, -0.2) is 17.9 Å². The monoisotopic (exact) mass is 316 g/mol. The molecule has 116 valence electrons. The summed E-state index contributed by atoms with van der Waals surface area (Å²) in [6, 6.07) is 2.86. The summed E-state index contributed by atoms with van der Waals surface area (Å²) < 4.78 is 36.2. The minimum atomic E-state index is -3.97. The number of rotatable bonds is 4. The van der Waals surface area contributed by atoms with Crippen molar-refractivity contribution in [1.29, 1.82) is 0 Å². The van der Waals surface area contributed by atoms with E-state index in [1.54, 1.807) is 6.92 Å². The lowest BCUT2D eigenvalue weighted by Gasteiger charge is -2.28. The van der Waals surface area contributed by atoms with Gasteiger partial charge in [-0.3, -0.25) is 4.79 Å². The van der Waals surface area contributed by atoms with Gasteiger partial charge >= 0.3 is 5.97 Å². The maximum Gasteiger partial charge on any atom is 0.311 e. The first kappa shape index (κ1) is 15.7. The molecule has 1 aromatic carbocycles. The minimum absolute atomic E-state index is 0.0711. The summed E-state index contributed by atoms with van der Waals surface area (Å²) in [4.78, 5) is 11.0. The standard InChI is InChI=1S/C13H17FN2O4S/c1-13(12(17)18)6-2-3-11(13)16-10-5-4-8(7-9(10)14)21(15,19)20/h4-5,7,11,16H,2-3,6H2,1H3,(H,17,18)(H2,15,19,20). The molecule has 1 aromatic rings. The van der Waals surface area contributed by atoms with Crippen molar-refractivity contribution in [2.24, 2.45) is 10.6 Å². The van der Waals surface area contributed by atoms with Crippen molar-refractivity contribution >= 4 is 21.7 Å². The highest BCUT2D eigenvalue weighted by Gasteiger charge is 2.45. The van der Waals surface area contributed by atoms with Gasteiger partial charge in [0, 0.05) is 6.04 Å². The number of nitrogens with one attached hydrogen (secondary N) is 1. The van der Waals surface area contributed by atoms with Crippen molar-refractivity contribution in [3.63, 3.8) is 0 Å². The molecule has 6 nitrogen and oxygen atoms in total. The van der Waals surface area contributed by atoms with E-state index in [9.17, 15) is 22.7 Å². The van der Waals surface area contributed by atoms with E-state index in [1.807, 2.05) is 0 Å². The highest BCUT2D eigenvalue weighted by molar-refractivity contribution is 7.89. The molecule has 8 heteroatoms. The van der Waals surface area contributed by atoms with Crippen LogP contribution in [0.2, 0.25) is 0 Å². The van der Waals surface area contributed by atoms with Crippen LogP contribution in [0.15, 0.2) is 23.1 Å². The van der Waals surface area contributed by atoms with Gasteiger partial charge in [0.05, 0.1) is 16.0 Å². The van der Waals surface area contributed by atoms with Crippen LogP contribution in [0.4, 0.5) is 10.1 Å². The molecular formula is C13H17FN2O4S. The third-order valence-electron chi connectivity index (χ3n) is 4.05. The average molecular weight is 316 g/mol. The largest absolute Gasteiger partial charge is 0.481 e. The Hall–Kier alpha value is -1.67. The Morgan fingerprint density at radius 3 is 2.71 bits per heavy atom. The van der Waals surface area contributed by atoms with E-state index in [2.05, 4.69) is 5.32 Å². The molecule has 1 aliphatic rings. The molecule has 0 radical (unpaired) electrons. The molecule has 2 unspecified atom stereocenters. The van der Waals surface area contributed by atoms with Crippen LogP contribution in [-0.4, -0.2) is 25.5 Å². The fourth-order valence-corrected chi connectivity index (χ4v) is 3.16. The second kappa shape index (κ2) is 5.27. The van der Waals surface area contributed by atoms with Crippen molar-refractivity contribution < 1.29 is 22.7 Å². The number of hydrogen-bond acceptors (Lipinski definition) is 4. The van der Waals surface area contributed by atoms with Crippen LogP contribution < -0.4 is 10.5 Å². The number of halogens is 1. The first-order chi connectivity index (χ1) is 9.64. The van der Waals surface area contributed by atoms with E-state index in [1.165, 1.54) is 12.1 Å². The molecular weight excluding hydrogens is 299 g/mol. The van der Waals surface area contributed by atoms with Crippen molar-refractivity contribution in [2.45, 2.75) is 37.1 Å². The summed E-state index contributed by atoms with van der Waals surface area (Å²) in [5, 5.41) is 17.1. The van der Waals surface area contributed by atoms with E-state index < -0.39 is 33.3 Å². The van der Waals surface area contributed by atoms with Crippen LogP contribution in [0.1, 0.15) is 26.2 Å². The summed E-state index contributed by atoms with van der Waals surface area (Å²) in [7, 11) is -3.97. The second-order valence-electron chi connectivity index (χ2n) is 5.50. The summed E-state index contributed by atoms with van der Waals surface area (Å²) in [6.45, 7) is 1.62. The Bertz CT molecular complexity index is 677. The van der Waals surface area contributed by atoms with Gasteiger partial charge in [-0.2, -0.15) is 0 Å². The third kappa shape index (κ3) is 3.01. The van der Waals surface area contributed by atoms with Gasteiger partial charge in [-0.05, 0) is 38.0 Å². The molecule has 0 bridgehead atoms. The van der Waals surface area contributed by atoms with E-state index >= 15 is 0 Å². The summed E-state index contributed by atoms with van der Waals surface area (Å²) in [6.07, 6.45) is 1.85. The highest BCUT2D eigenvalue weighted by atomic mass is 32.2. The van der Waals surface area contributed by atoms with Gasteiger partial charge in [0.15, 0.2) is 0 Å². The normalized spacial score (nSPS) is 25.8. The molecule has 0 saturated heterocycles. The van der Waals surface area contributed by atoms with Crippen LogP contribution in [0.3, 0.4) is 0 Å². The minimum Gasteiger partial charge on any atom is -0.481 e. The molecule has 1 fully saturated rings. The first-order valence-electron chi connectivity index (χ1n) is 6.47. The number of sulfonamides is 1. The van der Waals surface area contributed by atoms with Crippen LogP contribution in [0.5, 0.6) is 0 Å². The average Bonchev–Trinajstić information content (AvgIpc) is 2.73. The molecule has 0 spiro atoms. The van der Waals surface area contributed by atoms with Crippen molar-refractivity contribution in [1.82, 2.24) is 0 Å². The smallest absolute Gasteiger partial charge is 0.311 e. The number of carboxylic acid groups (broad SMARTS) is 1. The summed E-state index contributed by atoms with van der Waals surface area (Å²) >= 11 is 0. The van der Waals surface area contributed by atoms with E-state index in [-0.39, 0.29) is 10.6 Å². The number of carboxylic acids is 1. The molecule has 2 atom stereocenters. The molecule has 0 aliphatic heterocycles. The molecule has 4 N–H and O–H groups in total. The van der Waals surface area contributed by atoms with Crippen molar-refractivity contribution in [3.05, 3.63) is 24.0 Å². The maximum absolute atomic E-state index is 14.0. The van der Waals surface area contributed by atoms with Crippen LogP contribution in [0, 0.1) is 11.2 Å². The zero-order valence-electron chi connectivity index (χ0n) is 11.5. The molecule has 0 amide bonds. The number of hydrogen-bond donors (Lipinski definition) is 3. The van der Waals surface area contributed by atoms with Gasteiger partial charge in [-0.15, -0.1) is 0 Å². The second-order valence-corrected chi connectivity index (χ2v) is 7.06. The van der Waals surface area contributed by atoms with E-state index in [4.69, 9.17) is 5.14 Å². The van der Waals surface area contributed by atoms with Crippen LogP contribution in [0.25, 0.3) is 0 Å². The highest BCUT2D eigenvalue weighted by Crippen LogP contribution is 2.40. The van der Waals surface area contributed by atoms with Crippen molar-refractivity contribution in [3.8, 4) is 0 Å². The Labute approximate surface area is 122 Å². The zero-order valence-corrected chi connectivity index (χ0v) is 12.3. The fourth-order valence-electron chi connectivity index (χ4n) is 2.63.